The number of methoxy groups -OCH3 is 1. The van der Waals surface area contributed by atoms with Crippen LogP contribution in [0, 0.1) is 0 Å². The number of carbonyl (C=O) groups excluding carboxylic acids is 1. The molecule has 2 aromatic rings. The molecule has 0 bridgehead atoms. The molecule has 0 spiro atoms. The molecule has 0 aliphatic rings. The minimum atomic E-state index is -0.103. The van der Waals surface area contributed by atoms with Crippen LogP contribution in [0.4, 0.5) is 0 Å². The molecule has 0 atom stereocenters. The first kappa shape index (κ1) is 13.1. The zero-order valence-electron chi connectivity index (χ0n) is 9.77. The Morgan fingerprint density at radius 2 is 2.28 bits per heavy atom. The fourth-order valence-corrected chi connectivity index (χ4v) is 2.91. The molecule has 94 valence electrons. The number of nitrogens with one attached hydrogen (secondary N) is 1. The van der Waals surface area contributed by atoms with E-state index in [4.69, 9.17) is 4.74 Å². The van der Waals surface area contributed by atoms with Crippen LogP contribution in [0.2, 0.25) is 0 Å². The van der Waals surface area contributed by atoms with Gasteiger partial charge < -0.3 is 10.1 Å². The number of benzene rings is 1. The predicted octanol–water partition coefficient (Wildman–Crippen LogP) is 3.45. The third kappa shape index (κ3) is 3.11. The molecule has 1 aromatic carbocycles. The van der Waals surface area contributed by atoms with Crippen LogP contribution >= 0.6 is 27.3 Å². The van der Waals surface area contributed by atoms with Gasteiger partial charge in [0.15, 0.2) is 0 Å². The molecule has 0 saturated carbocycles. The van der Waals surface area contributed by atoms with E-state index in [9.17, 15) is 4.79 Å². The molecule has 0 aliphatic carbocycles. The Morgan fingerprint density at radius 3 is 2.94 bits per heavy atom. The molecule has 0 fully saturated rings. The molecule has 0 aliphatic heterocycles. The number of carbonyl (C=O) groups is 1. The molecule has 3 nitrogen and oxygen atoms in total. The summed E-state index contributed by atoms with van der Waals surface area (Å²) in [6, 6.07) is 9.07. The second-order valence-corrected chi connectivity index (χ2v) is 5.46. The summed E-state index contributed by atoms with van der Waals surface area (Å²) in [4.78, 5) is 13.0. The molecule has 2 rings (SSSR count). The van der Waals surface area contributed by atoms with Crippen molar-refractivity contribution in [3.8, 4) is 5.75 Å². The van der Waals surface area contributed by atoms with E-state index < -0.39 is 0 Å². The molecule has 1 heterocycles. The Hall–Kier alpha value is -1.33. The molecule has 18 heavy (non-hydrogen) atoms. The number of ether oxygens (including phenoxy) is 1. The highest BCUT2D eigenvalue weighted by atomic mass is 79.9. The Labute approximate surface area is 118 Å². The lowest BCUT2D eigenvalue weighted by Crippen LogP contribution is -2.22. The first-order valence-corrected chi connectivity index (χ1v) is 7.02. The lowest BCUT2D eigenvalue weighted by molar-refractivity contribution is 0.0951. The summed E-state index contributed by atoms with van der Waals surface area (Å²) in [5.74, 6) is 0.578. The number of hydrogen-bond acceptors (Lipinski definition) is 3. The highest BCUT2D eigenvalue weighted by Crippen LogP contribution is 2.22. The maximum atomic E-state index is 11.9. The summed E-state index contributed by atoms with van der Waals surface area (Å²) in [6.45, 7) is 0.522. The van der Waals surface area contributed by atoms with Crippen LogP contribution in [0.15, 0.2) is 40.2 Å². The van der Waals surface area contributed by atoms with Gasteiger partial charge in [0.05, 0.1) is 13.7 Å². The van der Waals surface area contributed by atoms with Gasteiger partial charge in [-0.05, 0) is 45.6 Å². The van der Waals surface area contributed by atoms with Crippen molar-refractivity contribution in [1.82, 2.24) is 5.32 Å². The average Bonchev–Trinajstić information content (AvgIpc) is 2.81. The van der Waals surface area contributed by atoms with Crippen LogP contribution in [0.25, 0.3) is 0 Å². The van der Waals surface area contributed by atoms with Crippen LogP contribution < -0.4 is 10.1 Å². The smallest absolute Gasteiger partial charge is 0.251 e. The SMILES string of the molecule is COc1cccc(C(=O)NCc2sccc2Br)c1. The van der Waals surface area contributed by atoms with Gasteiger partial charge in [0.1, 0.15) is 5.75 Å². The highest BCUT2D eigenvalue weighted by molar-refractivity contribution is 9.10. The molecular formula is C13H12BrNO2S. The van der Waals surface area contributed by atoms with E-state index in [1.54, 1.807) is 36.6 Å². The molecule has 0 radical (unpaired) electrons. The molecule has 0 saturated heterocycles. The van der Waals surface area contributed by atoms with Crippen molar-refractivity contribution < 1.29 is 9.53 Å². The van der Waals surface area contributed by atoms with E-state index in [1.807, 2.05) is 17.5 Å². The van der Waals surface area contributed by atoms with E-state index in [0.29, 0.717) is 17.9 Å². The lowest BCUT2D eigenvalue weighted by atomic mass is 10.2. The average molecular weight is 326 g/mol. The van der Waals surface area contributed by atoms with Crippen molar-refractivity contribution in [2.24, 2.45) is 0 Å². The zero-order valence-corrected chi connectivity index (χ0v) is 12.2. The Bertz CT molecular complexity index is 553. The molecule has 1 amide bonds. The summed E-state index contributed by atoms with van der Waals surface area (Å²) in [5, 5.41) is 4.86. The van der Waals surface area contributed by atoms with Gasteiger partial charge in [0.25, 0.3) is 5.91 Å². The zero-order chi connectivity index (χ0) is 13.0. The number of thiophene rings is 1. The topological polar surface area (TPSA) is 38.3 Å². The molecular weight excluding hydrogens is 314 g/mol. The van der Waals surface area contributed by atoms with Crippen LogP contribution in [0.5, 0.6) is 5.75 Å². The van der Waals surface area contributed by atoms with Gasteiger partial charge in [-0.2, -0.15) is 0 Å². The normalized spacial score (nSPS) is 10.1. The monoisotopic (exact) mass is 325 g/mol. The molecule has 5 heteroatoms. The predicted molar refractivity (Wildman–Crippen MR) is 76.2 cm³/mol. The second-order valence-electron chi connectivity index (χ2n) is 3.61. The van der Waals surface area contributed by atoms with E-state index in [0.717, 1.165) is 9.35 Å². The van der Waals surface area contributed by atoms with Gasteiger partial charge in [-0.15, -0.1) is 11.3 Å². The molecule has 0 unspecified atom stereocenters. The van der Waals surface area contributed by atoms with Crippen molar-refractivity contribution in [1.29, 1.82) is 0 Å². The van der Waals surface area contributed by atoms with Crippen molar-refractivity contribution in [2.45, 2.75) is 6.54 Å². The van der Waals surface area contributed by atoms with E-state index in [2.05, 4.69) is 21.2 Å². The number of hydrogen-bond donors (Lipinski definition) is 1. The van der Waals surface area contributed by atoms with Crippen molar-refractivity contribution in [3.63, 3.8) is 0 Å². The van der Waals surface area contributed by atoms with Crippen LogP contribution in [0.1, 0.15) is 15.2 Å². The third-order valence-electron chi connectivity index (χ3n) is 2.43. The summed E-state index contributed by atoms with van der Waals surface area (Å²) in [5.41, 5.74) is 0.599. The van der Waals surface area contributed by atoms with Gasteiger partial charge in [0.2, 0.25) is 0 Å². The maximum absolute atomic E-state index is 11.9. The summed E-state index contributed by atoms with van der Waals surface area (Å²) < 4.78 is 6.12. The van der Waals surface area contributed by atoms with Gasteiger partial charge >= 0.3 is 0 Å². The summed E-state index contributed by atoms with van der Waals surface area (Å²) >= 11 is 5.04. The Morgan fingerprint density at radius 1 is 1.44 bits per heavy atom. The first-order chi connectivity index (χ1) is 8.70. The maximum Gasteiger partial charge on any atom is 0.251 e. The highest BCUT2D eigenvalue weighted by Gasteiger charge is 2.08. The van der Waals surface area contributed by atoms with Gasteiger partial charge in [-0.25, -0.2) is 0 Å². The number of rotatable bonds is 4. The van der Waals surface area contributed by atoms with Crippen LogP contribution in [-0.4, -0.2) is 13.0 Å². The minimum Gasteiger partial charge on any atom is -0.497 e. The Balaban J connectivity index is 2.01. The van der Waals surface area contributed by atoms with Gasteiger partial charge in [-0.3, -0.25) is 4.79 Å². The lowest BCUT2D eigenvalue weighted by Gasteiger charge is -2.06. The molecule has 1 N–H and O–H groups in total. The fraction of sp³-hybridized carbons (Fsp3) is 0.154. The quantitative estimate of drug-likeness (QED) is 0.935. The van der Waals surface area contributed by atoms with E-state index in [-0.39, 0.29) is 5.91 Å². The molecule has 1 aromatic heterocycles. The third-order valence-corrected chi connectivity index (χ3v) is 4.36. The van der Waals surface area contributed by atoms with Gasteiger partial charge in [-0.1, -0.05) is 6.07 Å². The Kier molecular flexibility index (Phi) is 4.38. The number of amides is 1. The summed E-state index contributed by atoms with van der Waals surface area (Å²) in [6.07, 6.45) is 0. The van der Waals surface area contributed by atoms with E-state index in [1.165, 1.54) is 0 Å². The van der Waals surface area contributed by atoms with Gasteiger partial charge in [0, 0.05) is 14.9 Å². The number of halogens is 1. The second kappa shape index (κ2) is 6.02. The van der Waals surface area contributed by atoms with Crippen LogP contribution in [-0.2, 0) is 6.54 Å². The summed E-state index contributed by atoms with van der Waals surface area (Å²) in [7, 11) is 1.58. The fourth-order valence-electron chi connectivity index (χ4n) is 1.48. The minimum absolute atomic E-state index is 0.103. The first-order valence-electron chi connectivity index (χ1n) is 5.35. The van der Waals surface area contributed by atoms with E-state index >= 15 is 0 Å². The largest absolute Gasteiger partial charge is 0.497 e. The van der Waals surface area contributed by atoms with Crippen molar-refractivity contribution in [2.75, 3.05) is 7.11 Å². The standard InChI is InChI=1S/C13H12BrNO2S/c1-17-10-4-2-3-9(7-10)13(16)15-8-12-11(14)5-6-18-12/h2-7H,8H2,1H3,(H,15,16). The van der Waals surface area contributed by atoms with Crippen molar-refractivity contribution in [3.05, 3.63) is 50.6 Å². The van der Waals surface area contributed by atoms with Crippen molar-refractivity contribution >= 4 is 33.2 Å². The van der Waals surface area contributed by atoms with Crippen LogP contribution in [0.3, 0.4) is 0 Å².